The number of aliphatic hydroxyl groups excluding tert-OH is 1. The molecular weight excluding hydrogens is 308 g/mol. The van der Waals surface area contributed by atoms with E-state index in [4.69, 9.17) is 5.73 Å². The molecule has 0 heterocycles. The molecule has 3 N–H and O–H groups in total. The molecule has 25 heavy (non-hydrogen) atoms. The van der Waals surface area contributed by atoms with Crippen molar-refractivity contribution in [2.75, 3.05) is 20.1 Å². The Hall–Kier alpha value is -0.120. The fourth-order valence-corrected chi connectivity index (χ4v) is 8.29. The topological polar surface area (TPSA) is 49.5 Å². The van der Waals surface area contributed by atoms with Gasteiger partial charge in [-0.2, -0.15) is 0 Å². The molecule has 0 aromatic heterocycles. The molecule has 8 atom stereocenters. The van der Waals surface area contributed by atoms with E-state index in [1.54, 1.807) is 0 Å². The van der Waals surface area contributed by atoms with E-state index >= 15 is 0 Å². The minimum Gasteiger partial charge on any atom is -0.393 e. The fourth-order valence-electron chi connectivity index (χ4n) is 8.29. The standard InChI is InChI=1S/C22H40N2O/c1-21-10-8-16(25)14-15(21)4-5-17-18-6-7-20(24(3)13-12-23)22(18,2)11-9-19(17)21/h15-20,25H,4-14,23H2,1-3H3/t15-,16?,17?,18?,19?,20?,21-,22+/m1/s1. The van der Waals surface area contributed by atoms with Gasteiger partial charge in [-0.05, 0) is 99.3 Å². The number of rotatable bonds is 3. The van der Waals surface area contributed by atoms with Crippen LogP contribution in [0.1, 0.15) is 71.6 Å². The van der Waals surface area contributed by atoms with Crippen molar-refractivity contribution in [3.63, 3.8) is 0 Å². The Labute approximate surface area is 154 Å². The summed E-state index contributed by atoms with van der Waals surface area (Å²) in [6.45, 7) is 7.02. The zero-order chi connectivity index (χ0) is 17.8. The monoisotopic (exact) mass is 348 g/mol. The van der Waals surface area contributed by atoms with E-state index in [0.29, 0.717) is 10.8 Å². The summed E-state index contributed by atoms with van der Waals surface area (Å²) >= 11 is 0. The van der Waals surface area contributed by atoms with Gasteiger partial charge in [-0.3, -0.25) is 0 Å². The molecule has 0 amide bonds. The molecule has 4 rings (SSSR count). The lowest BCUT2D eigenvalue weighted by molar-refractivity contribution is -0.128. The average molecular weight is 349 g/mol. The lowest BCUT2D eigenvalue weighted by atomic mass is 9.45. The van der Waals surface area contributed by atoms with Gasteiger partial charge in [-0.1, -0.05) is 13.8 Å². The van der Waals surface area contributed by atoms with Gasteiger partial charge in [0.1, 0.15) is 0 Å². The van der Waals surface area contributed by atoms with E-state index in [2.05, 4.69) is 25.8 Å². The van der Waals surface area contributed by atoms with E-state index in [1.807, 2.05) is 0 Å². The summed E-state index contributed by atoms with van der Waals surface area (Å²) < 4.78 is 0. The van der Waals surface area contributed by atoms with Gasteiger partial charge >= 0.3 is 0 Å². The molecule has 0 aromatic carbocycles. The van der Waals surface area contributed by atoms with Gasteiger partial charge in [0, 0.05) is 19.1 Å². The zero-order valence-corrected chi connectivity index (χ0v) is 16.7. The maximum Gasteiger partial charge on any atom is 0.0543 e. The van der Waals surface area contributed by atoms with Crippen molar-refractivity contribution in [3.05, 3.63) is 0 Å². The summed E-state index contributed by atoms with van der Waals surface area (Å²) in [5.74, 6) is 3.54. The fraction of sp³-hybridized carbons (Fsp3) is 1.00. The molecule has 4 aliphatic rings. The summed E-state index contributed by atoms with van der Waals surface area (Å²) in [4.78, 5) is 2.57. The van der Waals surface area contributed by atoms with Crippen molar-refractivity contribution in [2.24, 2.45) is 40.2 Å². The molecule has 0 spiro atoms. The Kier molecular flexibility index (Phi) is 4.74. The van der Waals surface area contributed by atoms with Crippen LogP contribution in [0.15, 0.2) is 0 Å². The summed E-state index contributed by atoms with van der Waals surface area (Å²) in [7, 11) is 2.30. The predicted octanol–water partition coefficient (Wildman–Crippen LogP) is 3.65. The molecule has 3 heteroatoms. The quantitative estimate of drug-likeness (QED) is 0.818. The van der Waals surface area contributed by atoms with E-state index in [0.717, 1.165) is 55.6 Å². The second-order valence-electron chi connectivity index (χ2n) is 10.5. The average Bonchev–Trinajstić information content (AvgIpc) is 2.93. The van der Waals surface area contributed by atoms with Crippen LogP contribution in [0.3, 0.4) is 0 Å². The van der Waals surface area contributed by atoms with Gasteiger partial charge in [-0.15, -0.1) is 0 Å². The van der Waals surface area contributed by atoms with Gasteiger partial charge in [0.25, 0.3) is 0 Å². The van der Waals surface area contributed by atoms with Crippen molar-refractivity contribution >= 4 is 0 Å². The molecule has 0 saturated heterocycles. The van der Waals surface area contributed by atoms with Crippen LogP contribution < -0.4 is 5.73 Å². The second-order valence-corrected chi connectivity index (χ2v) is 10.5. The number of fused-ring (bicyclic) bond motifs is 5. The van der Waals surface area contributed by atoms with Crippen LogP contribution >= 0.6 is 0 Å². The number of hydrogen-bond donors (Lipinski definition) is 2. The highest BCUT2D eigenvalue weighted by atomic mass is 16.3. The van der Waals surface area contributed by atoms with E-state index < -0.39 is 0 Å². The van der Waals surface area contributed by atoms with Crippen molar-refractivity contribution in [2.45, 2.75) is 83.8 Å². The molecular formula is C22H40N2O. The van der Waals surface area contributed by atoms with Crippen LogP contribution in [0.2, 0.25) is 0 Å². The smallest absolute Gasteiger partial charge is 0.0543 e. The molecule has 5 unspecified atom stereocenters. The van der Waals surface area contributed by atoms with Crippen molar-refractivity contribution in [1.82, 2.24) is 4.90 Å². The summed E-state index contributed by atoms with van der Waals surface area (Å²) in [6, 6.07) is 0.737. The summed E-state index contributed by atoms with van der Waals surface area (Å²) in [6.07, 6.45) is 11.8. The van der Waals surface area contributed by atoms with Crippen LogP contribution in [-0.2, 0) is 0 Å². The maximum absolute atomic E-state index is 10.2. The molecule has 0 bridgehead atoms. The van der Waals surface area contributed by atoms with Crippen molar-refractivity contribution < 1.29 is 5.11 Å². The molecule has 4 fully saturated rings. The van der Waals surface area contributed by atoms with Crippen LogP contribution in [0.5, 0.6) is 0 Å². The van der Waals surface area contributed by atoms with Crippen LogP contribution in [0, 0.1) is 34.5 Å². The van der Waals surface area contributed by atoms with Crippen molar-refractivity contribution in [3.8, 4) is 0 Å². The highest BCUT2D eigenvalue weighted by molar-refractivity contribution is 5.11. The first kappa shape index (κ1) is 18.3. The Morgan fingerprint density at radius 3 is 2.44 bits per heavy atom. The SMILES string of the molecule is CN(CCN)C1CCC2C3CC[C@@H]4CC(O)CC[C@@]4(C)C3CC[C@@]21C. The minimum absolute atomic E-state index is 0.0238. The van der Waals surface area contributed by atoms with E-state index in [1.165, 1.54) is 44.9 Å². The van der Waals surface area contributed by atoms with Gasteiger partial charge in [0.05, 0.1) is 6.10 Å². The molecule has 4 aliphatic carbocycles. The normalized spacial score (nSPS) is 52.6. The first-order valence-electron chi connectivity index (χ1n) is 11.0. The maximum atomic E-state index is 10.2. The minimum atomic E-state index is -0.0238. The van der Waals surface area contributed by atoms with E-state index in [9.17, 15) is 5.11 Å². The largest absolute Gasteiger partial charge is 0.393 e. The van der Waals surface area contributed by atoms with Gasteiger partial charge < -0.3 is 15.7 Å². The van der Waals surface area contributed by atoms with Crippen LogP contribution in [0.4, 0.5) is 0 Å². The Bertz CT molecular complexity index is 496. The Balaban J connectivity index is 1.56. The number of hydrogen-bond acceptors (Lipinski definition) is 3. The molecule has 3 nitrogen and oxygen atoms in total. The number of nitrogens with zero attached hydrogens (tertiary/aromatic N) is 1. The van der Waals surface area contributed by atoms with Gasteiger partial charge in [0.15, 0.2) is 0 Å². The third kappa shape index (κ3) is 2.72. The summed E-state index contributed by atoms with van der Waals surface area (Å²) in [5.41, 5.74) is 6.86. The Morgan fingerprint density at radius 1 is 0.960 bits per heavy atom. The Morgan fingerprint density at radius 2 is 1.68 bits per heavy atom. The summed E-state index contributed by atoms with van der Waals surface area (Å²) in [5, 5.41) is 10.2. The molecule has 0 aliphatic heterocycles. The highest BCUT2D eigenvalue weighted by Crippen LogP contribution is 2.66. The first-order chi connectivity index (χ1) is 11.9. The van der Waals surface area contributed by atoms with Crippen LogP contribution in [0.25, 0.3) is 0 Å². The molecule has 0 radical (unpaired) electrons. The molecule has 144 valence electrons. The highest BCUT2D eigenvalue weighted by Gasteiger charge is 2.60. The lowest BCUT2D eigenvalue weighted by Gasteiger charge is -2.61. The molecule has 4 saturated carbocycles. The molecule has 0 aromatic rings. The third-order valence-electron chi connectivity index (χ3n) is 9.60. The number of likely N-dealkylation sites (N-methyl/N-ethyl adjacent to an activating group) is 1. The third-order valence-corrected chi connectivity index (χ3v) is 9.60. The lowest BCUT2D eigenvalue weighted by Crippen LogP contribution is -2.56. The first-order valence-corrected chi connectivity index (χ1v) is 11.0. The van der Waals surface area contributed by atoms with Gasteiger partial charge in [0.2, 0.25) is 0 Å². The van der Waals surface area contributed by atoms with Gasteiger partial charge in [-0.25, -0.2) is 0 Å². The zero-order valence-electron chi connectivity index (χ0n) is 16.7. The second kappa shape index (κ2) is 6.49. The predicted molar refractivity (Wildman–Crippen MR) is 103 cm³/mol. The number of aliphatic hydroxyl groups is 1. The van der Waals surface area contributed by atoms with Crippen molar-refractivity contribution in [1.29, 1.82) is 0 Å². The van der Waals surface area contributed by atoms with E-state index in [-0.39, 0.29) is 6.10 Å². The number of nitrogens with two attached hydrogens (primary N) is 1. The van der Waals surface area contributed by atoms with Crippen LogP contribution in [-0.4, -0.2) is 42.3 Å².